The number of likely N-dealkylation sites (tertiary alicyclic amines) is 1. The van der Waals surface area contributed by atoms with E-state index in [1.165, 1.54) is 6.42 Å². The maximum Gasteiger partial charge on any atom is 0.318 e. The van der Waals surface area contributed by atoms with E-state index in [0.29, 0.717) is 18.0 Å². The van der Waals surface area contributed by atoms with Crippen molar-refractivity contribution in [3.63, 3.8) is 0 Å². The predicted octanol–water partition coefficient (Wildman–Crippen LogP) is 1.27. The van der Waals surface area contributed by atoms with Gasteiger partial charge < -0.3 is 15.1 Å². The highest BCUT2D eigenvalue weighted by Crippen LogP contribution is 2.16. The molecule has 1 saturated heterocycles. The minimum atomic E-state index is -0.0438. The Morgan fingerprint density at radius 2 is 2.17 bits per heavy atom. The van der Waals surface area contributed by atoms with Crippen molar-refractivity contribution in [1.29, 1.82) is 0 Å². The van der Waals surface area contributed by atoms with Gasteiger partial charge in [-0.15, -0.1) is 15.3 Å². The molecule has 1 fully saturated rings. The molecule has 2 amide bonds. The number of anilines is 1. The zero-order valence-corrected chi connectivity index (χ0v) is 13.9. The molecule has 0 saturated carbocycles. The first-order valence-corrected chi connectivity index (χ1v) is 7.99. The Morgan fingerprint density at radius 1 is 1.35 bits per heavy atom. The number of urea groups is 1. The topological polar surface area (TPSA) is 78.7 Å². The van der Waals surface area contributed by atoms with Gasteiger partial charge in [-0.3, -0.25) is 0 Å². The molecule has 0 bridgehead atoms. The minimum Gasteiger partial charge on any atom is -0.361 e. The molecule has 23 heavy (non-hydrogen) atoms. The number of carbonyl (C=O) groups is 1. The van der Waals surface area contributed by atoms with Gasteiger partial charge in [0.15, 0.2) is 11.5 Å². The second-order valence-electron chi connectivity index (χ2n) is 6.17. The maximum atomic E-state index is 12.3. The Bertz CT molecular complexity index is 696. The lowest BCUT2D eigenvalue weighted by Crippen LogP contribution is -2.47. The third kappa shape index (κ3) is 3.20. The molecule has 1 unspecified atom stereocenters. The van der Waals surface area contributed by atoms with E-state index < -0.39 is 0 Å². The number of rotatable bonds is 3. The van der Waals surface area contributed by atoms with E-state index in [2.05, 4.69) is 27.5 Å². The third-order valence-electron chi connectivity index (χ3n) is 4.23. The number of hydrogen-bond donors (Lipinski definition) is 1. The zero-order valence-electron chi connectivity index (χ0n) is 13.9. The summed E-state index contributed by atoms with van der Waals surface area (Å²) in [6.45, 7) is 3.22. The summed E-state index contributed by atoms with van der Waals surface area (Å²) in [5.74, 6) is 1.44. The molecule has 1 aliphatic heterocycles. The van der Waals surface area contributed by atoms with Crippen molar-refractivity contribution in [2.24, 2.45) is 0 Å². The fraction of sp³-hybridized carbons (Fsp3) is 0.600. The van der Waals surface area contributed by atoms with E-state index >= 15 is 0 Å². The van der Waals surface area contributed by atoms with E-state index in [9.17, 15) is 4.79 Å². The predicted molar refractivity (Wildman–Crippen MR) is 87.4 cm³/mol. The summed E-state index contributed by atoms with van der Waals surface area (Å²) in [5.41, 5.74) is 0.672. The Hall–Kier alpha value is -2.38. The van der Waals surface area contributed by atoms with E-state index in [1.54, 1.807) is 4.52 Å². The Morgan fingerprint density at radius 3 is 2.91 bits per heavy atom. The third-order valence-corrected chi connectivity index (χ3v) is 4.23. The standard InChI is InChI=1S/C15H23N7O/c1-11-6-4-5-9-21(11)15(23)16-10-14-18-17-12-7-8-13(20(2)3)19-22(12)14/h7-8,11H,4-6,9-10H2,1-3H3,(H,16,23). The summed E-state index contributed by atoms with van der Waals surface area (Å²) in [6.07, 6.45) is 3.32. The van der Waals surface area contributed by atoms with Gasteiger partial charge >= 0.3 is 6.03 Å². The van der Waals surface area contributed by atoms with Crippen LogP contribution < -0.4 is 10.2 Å². The highest BCUT2D eigenvalue weighted by molar-refractivity contribution is 5.74. The van der Waals surface area contributed by atoms with Gasteiger partial charge in [-0.25, -0.2) is 4.79 Å². The molecule has 8 nitrogen and oxygen atoms in total. The maximum absolute atomic E-state index is 12.3. The second-order valence-corrected chi connectivity index (χ2v) is 6.17. The Labute approximate surface area is 135 Å². The van der Waals surface area contributed by atoms with Crippen molar-refractivity contribution in [2.75, 3.05) is 25.5 Å². The molecule has 1 aliphatic rings. The first-order chi connectivity index (χ1) is 11.1. The van der Waals surface area contributed by atoms with Crippen molar-refractivity contribution in [1.82, 2.24) is 30.0 Å². The zero-order chi connectivity index (χ0) is 16.4. The lowest BCUT2D eigenvalue weighted by atomic mass is 10.0. The fourth-order valence-corrected chi connectivity index (χ4v) is 2.83. The largest absolute Gasteiger partial charge is 0.361 e. The number of piperidine rings is 1. The van der Waals surface area contributed by atoms with Crippen molar-refractivity contribution < 1.29 is 4.79 Å². The van der Waals surface area contributed by atoms with Crippen LogP contribution in [0.5, 0.6) is 0 Å². The van der Waals surface area contributed by atoms with E-state index in [0.717, 1.165) is 25.2 Å². The van der Waals surface area contributed by atoms with Gasteiger partial charge in [-0.2, -0.15) is 4.52 Å². The molecule has 1 atom stereocenters. The van der Waals surface area contributed by atoms with Gasteiger partial charge in [-0.1, -0.05) is 0 Å². The van der Waals surface area contributed by atoms with Gasteiger partial charge in [0.1, 0.15) is 5.82 Å². The van der Waals surface area contributed by atoms with E-state index in [4.69, 9.17) is 0 Å². The van der Waals surface area contributed by atoms with Crippen LogP contribution in [0.4, 0.5) is 10.6 Å². The lowest BCUT2D eigenvalue weighted by Gasteiger charge is -2.33. The number of amides is 2. The molecule has 0 radical (unpaired) electrons. The molecule has 3 rings (SSSR count). The monoisotopic (exact) mass is 317 g/mol. The summed E-state index contributed by atoms with van der Waals surface area (Å²) in [4.78, 5) is 16.2. The molecule has 124 valence electrons. The summed E-state index contributed by atoms with van der Waals surface area (Å²) in [6, 6.07) is 4.00. The summed E-state index contributed by atoms with van der Waals surface area (Å²) in [7, 11) is 3.86. The molecule has 0 aromatic carbocycles. The van der Waals surface area contributed by atoms with Crippen LogP contribution in [-0.2, 0) is 6.54 Å². The molecule has 1 N–H and O–H groups in total. The van der Waals surface area contributed by atoms with E-state index in [1.807, 2.05) is 36.0 Å². The smallest absolute Gasteiger partial charge is 0.318 e. The number of carbonyl (C=O) groups excluding carboxylic acids is 1. The molecular weight excluding hydrogens is 294 g/mol. The van der Waals surface area contributed by atoms with Crippen LogP contribution in [-0.4, -0.2) is 57.4 Å². The highest BCUT2D eigenvalue weighted by atomic mass is 16.2. The molecule has 3 heterocycles. The van der Waals surface area contributed by atoms with Gasteiger partial charge in [0.05, 0.1) is 6.54 Å². The van der Waals surface area contributed by atoms with Crippen molar-refractivity contribution >= 4 is 17.5 Å². The average Bonchev–Trinajstić information content (AvgIpc) is 2.95. The number of nitrogens with zero attached hydrogens (tertiary/aromatic N) is 6. The summed E-state index contributed by atoms with van der Waals surface area (Å²) >= 11 is 0. The SMILES string of the molecule is CC1CCCCN1C(=O)NCc1nnc2ccc(N(C)C)nn12. The van der Waals surface area contributed by atoms with Crippen LogP contribution >= 0.6 is 0 Å². The Kier molecular flexibility index (Phi) is 4.31. The van der Waals surface area contributed by atoms with Gasteiger partial charge in [0.2, 0.25) is 0 Å². The quantitative estimate of drug-likeness (QED) is 0.922. The van der Waals surface area contributed by atoms with Crippen molar-refractivity contribution in [3.8, 4) is 0 Å². The van der Waals surface area contributed by atoms with Crippen molar-refractivity contribution in [3.05, 3.63) is 18.0 Å². The van der Waals surface area contributed by atoms with Crippen LogP contribution in [0.15, 0.2) is 12.1 Å². The molecule has 0 aliphatic carbocycles. The second kappa shape index (κ2) is 6.39. The van der Waals surface area contributed by atoms with Gasteiger partial charge in [-0.05, 0) is 38.3 Å². The number of hydrogen-bond acceptors (Lipinski definition) is 5. The van der Waals surface area contributed by atoms with Crippen LogP contribution in [0.25, 0.3) is 5.65 Å². The minimum absolute atomic E-state index is 0.0438. The van der Waals surface area contributed by atoms with Gasteiger partial charge in [0, 0.05) is 26.7 Å². The first-order valence-electron chi connectivity index (χ1n) is 7.99. The van der Waals surface area contributed by atoms with Crippen LogP contribution in [0.3, 0.4) is 0 Å². The fourth-order valence-electron chi connectivity index (χ4n) is 2.83. The molecule has 8 heteroatoms. The molecule has 0 spiro atoms. The van der Waals surface area contributed by atoms with E-state index in [-0.39, 0.29) is 12.1 Å². The summed E-state index contributed by atoms with van der Waals surface area (Å²) in [5, 5.41) is 15.7. The molecule has 2 aromatic heterocycles. The molecular formula is C15H23N7O. The highest BCUT2D eigenvalue weighted by Gasteiger charge is 2.23. The Balaban J connectivity index is 1.71. The average molecular weight is 317 g/mol. The van der Waals surface area contributed by atoms with Crippen LogP contribution in [0.2, 0.25) is 0 Å². The van der Waals surface area contributed by atoms with Crippen LogP contribution in [0, 0.1) is 0 Å². The summed E-state index contributed by atoms with van der Waals surface area (Å²) < 4.78 is 1.68. The first kappa shape index (κ1) is 15.5. The van der Waals surface area contributed by atoms with Crippen LogP contribution in [0.1, 0.15) is 32.0 Å². The lowest BCUT2D eigenvalue weighted by molar-refractivity contribution is 0.157. The number of aromatic nitrogens is 4. The van der Waals surface area contributed by atoms with Crippen molar-refractivity contribution in [2.45, 2.75) is 38.8 Å². The molecule has 2 aromatic rings. The number of nitrogens with one attached hydrogen (secondary N) is 1. The van der Waals surface area contributed by atoms with Gasteiger partial charge in [0.25, 0.3) is 0 Å². The normalized spacial score (nSPS) is 18.2. The number of fused-ring (bicyclic) bond motifs is 1.